The average molecular weight is 333 g/mol. The number of anilines is 1. The second-order valence-corrected chi connectivity index (χ2v) is 5.68. The smallest absolute Gasteiger partial charge is 0.253 e. The highest BCUT2D eigenvalue weighted by molar-refractivity contribution is 9.10. The number of benzene rings is 2. The van der Waals surface area contributed by atoms with Crippen LogP contribution in [-0.4, -0.2) is 17.9 Å². The fourth-order valence-corrected chi connectivity index (χ4v) is 2.33. The maximum atomic E-state index is 12.4. The third kappa shape index (κ3) is 3.20. The summed E-state index contributed by atoms with van der Waals surface area (Å²) in [7, 11) is 1.78. The summed E-state index contributed by atoms with van der Waals surface area (Å²) in [6, 6.07) is 13.2. The van der Waals surface area contributed by atoms with Crippen molar-refractivity contribution in [2.24, 2.45) is 0 Å². The first-order valence-corrected chi connectivity index (χ1v) is 7.13. The molecular formula is C16H17BrN2O. The Hall–Kier alpha value is -1.81. The highest BCUT2D eigenvalue weighted by atomic mass is 79.9. The molecule has 0 saturated carbocycles. The molecule has 0 aliphatic heterocycles. The van der Waals surface area contributed by atoms with Crippen LogP contribution in [0.25, 0.3) is 0 Å². The zero-order chi connectivity index (χ0) is 14.7. The van der Waals surface area contributed by atoms with E-state index < -0.39 is 0 Å². The van der Waals surface area contributed by atoms with Crippen molar-refractivity contribution in [2.45, 2.75) is 13.5 Å². The third-order valence-corrected chi connectivity index (χ3v) is 4.08. The van der Waals surface area contributed by atoms with Crippen molar-refractivity contribution in [1.29, 1.82) is 0 Å². The fourth-order valence-electron chi connectivity index (χ4n) is 1.95. The van der Waals surface area contributed by atoms with E-state index in [9.17, 15) is 4.79 Å². The van der Waals surface area contributed by atoms with E-state index in [4.69, 9.17) is 5.73 Å². The van der Waals surface area contributed by atoms with Gasteiger partial charge >= 0.3 is 0 Å². The SMILES string of the molecule is Cc1ccc(C(=O)N(C)Cc2ccccc2N)cc1Br. The van der Waals surface area contributed by atoms with Gasteiger partial charge in [-0.3, -0.25) is 4.79 Å². The Labute approximate surface area is 127 Å². The average Bonchev–Trinajstić information content (AvgIpc) is 2.43. The topological polar surface area (TPSA) is 46.3 Å². The summed E-state index contributed by atoms with van der Waals surface area (Å²) >= 11 is 3.45. The number of amides is 1. The molecule has 104 valence electrons. The molecule has 0 bridgehead atoms. The lowest BCUT2D eigenvalue weighted by Gasteiger charge is -2.18. The van der Waals surface area contributed by atoms with Crippen LogP contribution in [0, 0.1) is 6.92 Å². The van der Waals surface area contributed by atoms with Crippen molar-refractivity contribution in [3.8, 4) is 0 Å². The summed E-state index contributed by atoms with van der Waals surface area (Å²) in [4.78, 5) is 14.1. The molecule has 1 amide bonds. The van der Waals surface area contributed by atoms with Crippen LogP contribution in [0.5, 0.6) is 0 Å². The Morgan fingerprint density at radius 3 is 2.60 bits per heavy atom. The summed E-state index contributed by atoms with van der Waals surface area (Å²) in [5.41, 5.74) is 9.34. The van der Waals surface area contributed by atoms with Crippen LogP contribution in [0.1, 0.15) is 21.5 Å². The Morgan fingerprint density at radius 2 is 1.95 bits per heavy atom. The normalized spacial score (nSPS) is 10.3. The number of para-hydroxylation sites is 1. The molecule has 0 radical (unpaired) electrons. The number of aryl methyl sites for hydroxylation is 1. The minimum absolute atomic E-state index is 0.0195. The number of nitrogen functional groups attached to an aromatic ring is 1. The first-order valence-electron chi connectivity index (χ1n) is 6.34. The number of carbonyl (C=O) groups is 1. The Bertz CT molecular complexity index is 640. The van der Waals surface area contributed by atoms with Gasteiger partial charge in [-0.1, -0.05) is 40.2 Å². The molecular weight excluding hydrogens is 316 g/mol. The second kappa shape index (κ2) is 6.09. The quantitative estimate of drug-likeness (QED) is 0.872. The fraction of sp³-hybridized carbons (Fsp3) is 0.188. The number of halogens is 1. The standard InChI is InChI=1S/C16H17BrN2O/c1-11-7-8-12(9-14(11)17)16(20)19(2)10-13-5-3-4-6-15(13)18/h3-9H,10,18H2,1-2H3. The van der Waals surface area contributed by atoms with Crippen molar-refractivity contribution in [3.63, 3.8) is 0 Å². The number of hydrogen-bond donors (Lipinski definition) is 1. The molecule has 2 N–H and O–H groups in total. The monoisotopic (exact) mass is 332 g/mol. The molecule has 0 aliphatic rings. The van der Waals surface area contributed by atoms with Gasteiger partial charge in [-0.15, -0.1) is 0 Å². The Kier molecular flexibility index (Phi) is 4.45. The number of carbonyl (C=O) groups excluding carboxylic acids is 1. The van der Waals surface area contributed by atoms with Gasteiger partial charge in [0.05, 0.1) is 0 Å². The first-order chi connectivity index (χ1) is 9.49. The van der Waals surface area contributed by atoms with Gasteiger partial charge in [0.1, 0.15) is 0 Å². The van der Waals surface area contributed by atoms with E-state index in [1.807, 2.05) is 49.4 Å². The number of nitrogens with zero attached hydrogens (tertiary/aromatic N) is 1. The second-order valence-electron chi connectivity index (χ2n) is 4.82. The van der Waals surface area contributed by atoms with Gasteiger partial charge in [-0.25, -0.2) is 0 Å². The van der Waals surface area contributed by atoms with Gasteiger partial charge in [0.2, 0.25) is 0 Å². The molecule has 0 aliphatic carbocycles. The van der Waals surface area contributed by atoms with Crippen molar-refractivity contribution >= 4 is 27.5 Å². The van der Waals surface area contributed by atoms with Crippen LogP contribution in [0.4, 0.5) is 5.69 Å². The number of rotatable bonds is 3. The summed E-state index contributed by atoms with van der Waals surface area (Å²) in [5, 5.41) is 0. The highest BCUT2D eigenvalue weighted by Crippen LogP contribution is 2.19. The molecule has 2 aromatic carbocycles. The molecule has 0 heterocycles. The largest absolute Gasteiger partial charge is 0.398 e. The molecule has 3 nitrogen and oxygen atoms in total. The lowest BCUT2D eigenvalue weighted by Crippen LogP contribution is -2.26. The van der Waals surface area contributed by atoms with E-state index in [-0.39, 0.29) is 5.91 Å². The molecule has 2 aromatic rings. The van der Waals surface area contributed by atoms with E-state index in [1.54, 1.807) is 11.9 Å². The van der Waals surface area contributed by atoms with Crippen LogP contribution in [-0.2, 0) is 6.54 Å². The van der Waals surface area contributed by atoms with E-state index in [2.05, 4.69) is 15.9 Å². The summed E-state index contributed by atoms with van der Waals surface area (Å²) in [6.07, 6.45) is 0. The van der Waals surface area contributed by atoms with Crippen molar-refractivity contribution in [3.05, 3.63) is 63.6 Å². The van der Waals surface area contributed by atoms with E-state index in [0.29, 0.717) is 17.8 Å². The van der Waals surface area contributed by atoms with Gasteiger partial charge < -0.3 is 10.6 Å². The lowest BCUT2D eigenvalue weighted by molar-refractivity contribution is 0.0785. The van der Waals surface area contributed by atoms with Gasteiger partial charge in [0, 0.05) is 29.3 Å². The molecule has 0 atom stereocenters. The lowest BCUT2D eigenvalue weighted by atomic mass is 10.1. The van der Waals surface area contributed by atoms with Gasteiger partial charge in [0.25, 0.3) is 5.91 Å². The van der Waals surface area contributed by atoms with Crippen LogP contribution >= 0.6 is 15.9 Å². The van der Waals surface area contributed by atoms with Gasteiger partial charge in [-0.2, -0.15) is 0 Å². The summed E-state index contributed by atoms with van der Waals surface area (Å²) < 4.78 is 0.941. The first kappa shape index (κ1) is 14.6. The summed E-state index contributed by atoms with van der Waals surface area (Å²) in [6.45, 7) is 2.49. The molecule has 20 heavy (non-hydrogen) atoms. The van der Waals surface area contributed by atoms with E-state index >= 15 is 0 Å². The summed E-state index contributed by atoms with van der Waals surface area (Å²) in [5.74, 6) is -0.0195. The number of nitrogens with two attached hydrogens (primary N) is 1. The molecule has 2 rings (SSSR count). The van der Waals surface area contributed by atoms with Gasteiger partial charge in [-0.05, 0) is 36.2 Å². The molecule has 0 fully saturated rings. The van der Waals surface area contributed by atoms with Crippen molar-refractivity contribution in [1.82, 2.24) is 4.90 Å². The number of hydrogen-bond acceptors (Lipinski definition) is 2. The molecule has 4 heteroatoms. The highest BCUT2D eigenvalue weighted by Gasteiger charge is 2.13. The zero-order valence-electron chi connectivity index (χ0n) is 11.6. The van der Waals surface area contributed by atoms with Crippen LogP contribution in [0.2, 0.25) is 0 Å². The predicted octanol–water partition coefficient (Wildman–Crippen LogP) is 3.61. The van der Waals surface area contributed by atoms with E-state index in [1.165, 1.54) is 0 Å². The minimum Gasteiger partial charge on any atom is -0.398 e. The van der Waals surface area contributed by atoms with E-state index in [0.717, 1.165) is 15.6 Å². The molecule has 0 aromatic heterocycles. The molecule has 0 saturated heterocycles. The Morgan fingerprint density at radius 1 is 1.25 bits per heavy atom. The minimum atomic E-state index is -0.0195. The predicted molar refractivity (Wildman–Crippen MR) is 85.5 cm³/mol. The zero-order valence-corrected chi connectivity index (χ0v) is 13.1. The third-order valence-electron chi connectivity index (χ3n) is 3.23. The van der Waals surface area contributed by atoms with Crippen LogP contribution in [0.3, 0.4) is 0 Å². The molecule has 0 unspecified atom stereocenters. The van der Waals surface area contributed by atoms with Crippen molar-refractivity contribution in [2.75, 3.05) is 12.8 Å². The molecule has 0 spiro atoms. The maximum Gasteiger partial charge on any atom is 0.253 e. The van der Waals surface area contributed by atoms with Gasteiger partial charge in [0.15, 0.2) is 0 Å². The van der Waals surface area contributed by atoms with Crippen LogP contribution in [0.15, 0.2) is 46.9 Å². The Balaban J connectivity index is 2.16. The maximum absolute atomic E-state index is 12.4. The van der Waals surface area contributed by atoms with Crippen molar-refractivity contribution < 1.29 is 4.79 Å². The van der Waals surface area contributed by atoms with Crippen LogP contribution < -0.4 is 5.73 Å².